The van der Waals surface area contributed by atoms with Crippen LogP contribution in [0.2, 0.25) is 0 Å². The van der Waals surface area contributed by atoms with Gasteiger partial charge in [-0.25, -0.2) is 4.79 Å². The van der Waals surface area contributed by atoms with Crippen LogP contribution in [0.5, 0.6) is 0 Å². The molecular formula is C13H19N3O3. The fourth-order valence-corrected chi connectivity index (χ4v) is 2.39. The molecule has 3 N–H and O–H groups in total. The number of hydrogen-bond acceptors (Lipinski definition) is 3. The second-order valence-electron chi connectivity index (χ2n) is 5.27. The summed E-state index contributed by atoms with van der Waals surface area (Å²) in [5.41, 5.74) is 2.30. The van der Waals surface area contributed by atoms with Crippen LogP contribution in [0, 0.1) is 5.92 Å². The quantitative estimate of drug-likeness (QED) is 0.760. The van der Waals surface area contributed by atoms with Crippen LogP contribution in [0.25, 0.3) is 0 Å². The van der Waals surface area contributed by atoms with E-state index in [1.165, 1.54) is 0 Å². The highest BCUT2D eigenvalue weighted by molar-refractivity contribution is 5.96. The van der Waals surface area contributed by atoms with Crippen molar-refractivity contribution < 1.29 is 14.7 Å². The standard InChI is InChI=1S/C13H19N3O3/c1-7(2)10(13(18)19)14-12(17)11-8-5-3-4-6-9(8)15-16-11/h7,10H,3-6H2,1-2H3,(H,14,17)(H,15,16)(H,18,19)/t10-/m1/s1. The number of rotatable bonds is 4. The Hall–Kier alpha value is -1.85. The zero-order valence-corrected chi connectivity index (χ0v) is 11.2. The molecule has 0 fully saturated rings. The number of aromatic nitrogens is 2. The molecule has 0 bridgehead atoms. The average molecular weight is 265 g/mol. The molecule has 1 heterocycles. The van der Waals surface area contributed by atoms with E-state index >= 15 is 0 Å². The van der Waals surface area contributed by atoms with Crippen LogP contribution in [0.15, 0.2) is 0 Å². The van der Waals surface area contributed by atoms with Gasteiger partial charge in [0.15, 0.2) is 5.69 Å². The lowest BCUT2D eigenvalue weighted by molar-refractivity contribution is -0.140. The SMILES string of the molecule is CC(C)[C@@H](NC(=O)c1n[nH]c2c1CCCC2)C(=O)O. The van der Waals surface area contributed by atoms with Gasteiger partial charge >= 0.3 is 5.97 Å². The van der Waals surface area contributed by atoms with Gasteiger partial charge in [-0.3, -0.25) is 9.89 Å². The number of aryl methyl sites for hydroxylation is 1. The molecule has 0 saturated carbocycles. The minimum Gasteiger partial charge on any atom is -0.480 e. The monoisotopic (exact) mass is 265 g/mol. The Balaban J connectivity index is 2.16. The molecule has 1 aliphatic carbocycles. The predicted octanol–water partition coefficient (Wildman–Crippen LogP) is 1.13. The first kappa shape index (κ1) is 13.6. The van der Waals surface area contributed by atoms with Crippen molar-refractivity contribution in [3.63, 3.8) is 0 Å². The van der Waals surface area contributed by atoms with E-state index in [1.807, 2.05) is 0 Å². The van der Waals surface area contributed by atoms with E-state index < -0.39 is 17.9 Å². The Kier molecular flexibility index (Phi) is 3.87. The second-order valence-corrected chi connectivity index (χ2v) is 5.27. The van der Waals surface area contributed by atoms with Gasteiger partial charge in [-0.05, 0) is 31.6 Å². The summed E-state index contributed by atoms with van der Waals surface area (Å²) in [6.07, 6.45) is 3.87. The summed E-state index contributed by atoms with van der Waals surface area (Å²) >= 11 is 0. The number of carboxylic acid groups (broad SMARTS) is 1. The molecule has 1 aliphatic rings. The molecule has 0 aromatic carbocycles. The molecule has 0 spiro atoms. The fraction of sp³-hybridized carbons (Fsp3) is 0.615. The van der Waals surface area contributed by atoms with Gasteiger partial charge in [-0.1, -0.05) is 13.8 Å². The predicted molar refractivity (Wildman–Crippen MR) is 69.0 cm³/mol. The van der Waals surface area contributed by atoms with Gasteiger partial charge in [-0.15, -0.1) is 0 Å². The first-order valence-corrected chi connectivity index (χ1v) is 6.60. The first-order chi connectivity index (χ1) is 9.00. The van der Waals surface area contributed by atoms with Crippen LogP contribution < -0.4 is 5.32 Å². The third kappa shape index (κ3) is 2.77. The van der Waals surface area contributed by atoms with Crippen LogP contribution in [0.3, 0.4) is 0 Å². The minimum absolute atomic E-state index is 0.170. The molecule has 0 saturated heterocycles. The number of aromatic amines is 1. The summed E-state index contributed by atoms with van der Waals surface area (Å²) in [7, 11) is 0. The van der Waals surface area contributed by atoms with Crippen molar-refractivity contribution in [1.82, 2.24) is 15.5 Å². The zero-order chi connectivity index (χ0) is 14.0. The van der Waals surface area contributed by atoms with Crippen LogP contribution >= 0.6 is 0 Å². The number of carbonyl (C=O) groups is 2. The highest BCUT2D eigenvalue weighted by Gasteiger charge is 2.27. The van der Waals surface area contributed by atoms with Crippen molar-refractivity contribution in [3.8, 4) is 0 Å². The molecule has 6 heteroatoms. The molecule has 0 aliphatic heterocycles. The lowest BCUT2D eigenvalue weighted by atomic mass is 9.95. The largest absolute Gasteiger partial charge is 0.480 e. The third-order valence-electron chi connectivity index (χ3n) is 3.49. The Morgan fingerprint density at radius 3 is 2.63 bits per heavy atom. The Bertz CT molecular complexity index is 493. The van der Waals surface area contributed by atoms with Crippen LogP contribution in [0.4, 0.5) is 0 Å². The highest BCUT2D eigenvalue weighted by atomic mass is 16.4. The third-order valence-corrected chi connectivity index (χ3v) is 3.49. The van der Waals surface area contributed by atoms with Gasteiger partial charge in [0, 0.05) is 11.3 Å². The summed E-state index contributed by atoms with van der Waals surface area (Å²) in [5.74, 6) is -1.59. The topological polar surface area (TPSA) is 95.1 Å². The second kappa shape index (κ2) is 5.42. The summed E-state index contributed by atoms with van der Waals surface area (Å²) < 4.78 is 0. The van der Waals surface area contributed by atoms with Crippen molar-refractivity contribution in [2.75, 3.05) is 0 Å². The molecule has 0 unspecified atom stereocenters. The first-order valence-electron chi connectivity index (χ1n) is 6.60. The van der Waals surface area contributed by atoms with Crippen molar-refractivity contribution in [1.29, 1.82) is 0 Å². The van der Waals surface area contributed by atoms with Crippen LogP contribution in [-0.2, 0) is 17.6 Å². The van der Waals surface area contributed by atoms with Gasteiger partial charge in [0.2, 0.25) is 0 Å². The van der Waals surface area contributed by atoms with Crippen LogP contribution in [-0.4, -0.2) is 33.2 Å². The lowest BCUT2D eigenvalue weighted by Gasteiger charge is -2.18. The number of aliphatic carboxylic acids is 1. The van der Waals surface area contributed by atoms with E-state index in [0.29, 0.717) is 5.69 Å². The number of hydrogen-bond donors (Lipinski definition) is 3. The molecule has 0 radical (unpaired) electrons. The highest BCUT2D eigenvalue weighted by Crippen LogP contribution is 2.22. The number of carbonyl (C=O) groups excluding carboxylic acids is 1. The summed E-state index contributed by atoms with van der Waals surface area (Å²) in [6.45, 7) is 3.53. The summed E-state index contributed by atoms with van der Waals surface area (Å²) in [4.78, 5) is 23.2. The summed E-state index contributed by atoms with van der Waals surface area (Å²) in [5, 5.41) is 18.6. The lowest BCUT2D eigenvalue weighted by Crippen LogP contribution is -2.44. The smallest absolute Gasteiger partial charge is 0.326 e. The van der Waals surface area contributed by atoms with E-state index in [4.69, 9.17) is 5.11 Å². The van der Waals surface area contributed by atoms with Gasteiger partial charge in [0.1, 0.15) is 6.04 Å². The maximum atomic E-state index is 12.1. The van der Waals surface area contributed by atoms with Crippen molar-refractivity contribution in [2.45, 2.75) is 45.6 Å². The molecule has 1 aromatic heterocycles. The number of amides is 1. The minimum atomic E-state index is -1.02. The van der Waals surface area contributed by atoms with E-state index in [-0.39, 0.29) is 5.92 Å². The molecule has 104 valence electrons. The molecular weight excluding hydrogens is 246 g/mol. The fourth-order valence-electron chi connectivity index (χ4n) is 2.39. The van der Waals surface area contributed by atoms with Gasteiger partial charge < -0.3 is 10.4 Å². The van der Waals surface area contributed by atoms with Crippen molar-refractivity contribution >= 4 is 11.9 Å². The molecule has 19 heavy (non-hydrogen) atoms. The molecule has 1 amide bonds. The number of fused-ring (bicyclic) bond motifs is 1. The van der Waals surface area contributed by atoms with E-state index in [2.05, 4.69) is 15.5 Å². The number of nitrogens with zero attached hydrogens (tertiary/aromatic N) is 1. The molecule has 1 atom stereocenters. The van der Waals surface area contributed by atoms with Gasteiger partial charge in [0.25, 0.3) is 5.91 Å². The van der Waals surface area contributed by atoms with Crippen LogP contribution in [0.1, 0.15) is 48.4 Å². The van der Waals surface area contributed by atoms with E-state index in [0.717, 1.165) is 36.9 Å². The maximum Gasteiger partial charge on any atom is 0.326 e. The van der Waals surface area contributed by atoms with Crippen molar-refractivity contribution in [2.24, 2.45) is 5.92 Å². The number of H-pyrrole nitrogens is 1. The molecule has 6 nitrogen and oxygen atoms in total. The average Bonchev–Trinajstić information content (AvgIpc) is 2.78. The zero-order valence-electron chi connectivity index (χ0n) is 11.2. The Labute approximate surface area is 111 Å². The number of carboxylic acids is 1. The van der Waals surface area contributed by atoms with E-state index in [1.54, 1.807) is 13.8 Å². The molecule has 2 rings (SSSR count). The van der Waals surface area contributed by atoms with Crippen molar-refractivity contribution in [3.05, 3.63) is 17.0 Å². The molecule has 1 aromatic rings. The normalized spacial score (nSPS) is 15.9. The maximum absolute atomic E-state index is 12.1. The van der Waals surface area contributed by atoms with E-state index in [9.17, 15) is 9.59 Å². The van der Waals surface area contributed by atoms with Gasteiger partial charge in [-0.2, -0.15) is 5.10 Å². The Morgan fingerprint density at radius 1 is 1.32 bits per heavy atom. The van der Waals surface area contributed by atoms with Gasteiger partial charge in [0.05, 0.1) is 0 Å². The Morgan fingerprint density at radius 2 is 2.00 bits per heavy atom. The summed E-state index contributed by atoms with van der Waals surface area (Å²) in [6, 6.07) is -0.886. The number of nitrogens with one attached hydrogen (secondary N) is 2.